The lowest BCUT2D eigenvalue weighted by atomic mass is 10.1. The summed E-state index contributed by atoms with van der Waals surface area (Å²) in [4.78, 5) is 12.3. The molecule has 0 saturated carbocycles. The Bertz CT molecular complexity index is 738. The van der Waals surface area contributed by atoms with Gasteiger partial charge in [0.15, 0.2) is 0 Å². The van der Waals surface area contributed by atoms with Crippen LogP contribution in [0.4, 0.5) is 5.69 Å². The molecule has 1 amide bonds. The van der Waals surface area contributed by atoms with Crippen molar-refractivity contribution in [3.8, 4) is 11.8 Å². The first-order valence-electron chi connectivity index (χ1n) is 6.44. The number of hydrogen-bond acceptors (Lipinski definition) is 2. The first-order chi connectivity index (χ1) is 10.0. The summed E-state index contributed by atoms with van der Waals surface area (Å²) in [5, 5.41) is 3.39. The third kappa shape index (κ3) is 3.66. The highest BCUT2D eigenvalue weighted by molar-refractivity contribution is 6.31. The van der Waals surface area contributed by atoms with Crippen LogP contribution >= 0.6 is 11.6 Å². The van der Waals surface area contributed by atoms with Crippen molar-refractivity contribution in [1.82, 2.24) is 4.57 Å². The number of aryl methyl sites for hydroxylation is 2. The van der Waals surface area contributed by atoms with E-state index >= 15 is 0 Å². The highest BCUT2D eigenvalue weighted by Gasteiger charge is 2.13. The maximum Gasteiger partial charge on any atom is 0.272 e. The summed E-state index contributed by atoms with van der Waals surface area (Å²) in [6.45, 7) is 2.23. The van der Waals surface area contributed by atoms with Gasteiger partial charge in [-0.15, -0.1) is 0 Å². The van der Waals surface area contributed by atoms with Crippen LogP contribution in [-0.4, -0.2) is 17.0 Å². The van der Waals surface area contributed by atoms with Crippen molar-refractivity contribution >= 4 is 23.2 Å². The van der Waals surface area contributed by atoms with Crippen molar-refractivity contribution in [2.45, 2.75) is 6.92 Å². The van der Waals surface area contributed by atoms with Gasteiger partial charge in [0.2, 0.25) is 0 Å². The second kappa shape index (κ2) is 6.49. The van der Waals surface area contributed by atoms with Gasteiger partial charge in [-0.2, -0.15) is 0 Å². The smallest absolute Gasteiger partial charge is 0.272 e. The number of amides is 1. The number of rotatable bonds is 2. The maximum atomic E-state index is 12.3. The molecule has 1 heterocycles. The Labute approximate surface area is 128 Å². The van der Waals surface area contributed by atoms with E-state index in [4.69, 9.17) is 17.3 Å². The number of nitrogens with zero attached hydrogens (tertiary/aromatic N) is 1. The third-order valence-electron chi connectivity index (χ3n) is 2.95. The first-order valence-corrected chi connectivity index (χ1v) is 6.82. The van der Waals surface area contributed by atoms with Gasteiger partial charge in [0.25, 0.3) is 5.91 Å². The zero-order chi connectivity index (χ0) is 15.4. The fourth-order valence-corrected chi connectivity index (χ4v) is 2.20. The monoisotopic (exact) mass is 301 g/mol. The van der Waals surface area contributed by atoms with Crippen LogP contribution in [0.15, 0.2) is 30.5 Å². The Morgan fingerprint density at radius 3 is 2.81 bits per heavy atom. The number of anilines is 1. The molecule has 0 radical (unpaired) electrons. The van der Waals surface area contributed by atoms with E-state index in [1.807, 2.05) is 25.1 Å². The van der Waals surface area contributed by atoms with Crippen LogP contribution in [0, 0.1) is 18.8 Å². The van der Waals surface area contributed by atoms with Crippen LogP contribution in [0.5, 0.6) is 0 Å². The van der Waals surface area contributed by atoms with E-state index in [1.54, 1.807) is 23.9 Å². The Morgan fingerprint density at radius 1 is 1.43 bits per heavy atom. The number of halogens is 1. The Hall–Kier alpha value is -2.22. The summed E-state index contributed by atoms with van der Waals surface area (Å²) in [6, 6.07) is 7.31. The van der Waals surface area contributed by atoms with Crippen LogP contribution in [-0.2, 0) is 7.05 Å². The molecule has 0 fully saturated rings. The average Bonchev–Trinajstić information content (AvgIpc) is 2.77. The summed E-state index contributed by atoms with van der Waals surface area (Å²) in [5.74, 6) is 5.52. The van der Waals surface area contributed by atoms with Gasteiger partial charge in [0.1, 0.15) is 5.69 Å². The molecule has 4 nitrogen and oxygen atoms in total. The zero-order valence-corrected chi connectivity index (χ0v) is 12.7. The number of nitrogens with one attached hydrogen (secondary N) is 1. The van der Waals surface area contributed by atoms with Gasteiger partial charge < -0.3 is 15.6 Å². The molecule has 0 aliphatic heterocycles. The first kappa shape index (κ1) is 15.2. The van der Waals surface area contributed by atoms with Crippen LogP contribution in [0.1, 0.15) is 21.6 Å². The lowest BCUT2D eigenvalue weighted by molar-refractivity contribution is 0.101. The summed E-state index contributed by atoms with van der Waals surface area (Å²) in [5.41, 5.74) is 8.31. The quantitative estimate of drug-likeness (QED) is 0.838. The number of carbonyl (C=O) groups excluding carboxylic acids is 1. The van der Waals surface area contributed by atoms with Crippen molar-refractivity contribution in [3.05, 3.63) is 52.3 Å². The minimum atomic E-state index is -0.231. The Balaban J connectivity index is 2.32. The third-order valence-corrected chi connectivity index (χ3v) is 3.16. The van der Waals surface area contributed by atoms with Crippen molar-refractivity contribution in [1.29, 1.82) is 0 Å². The summed E-state index contributed by atoms with van der Waals surface area (Å²) >= 11 is 5.90. The highest BCUT2D eigenvalue weighted by Crippen LogP contribution is 2.19. The summed E-state index contributed by atoms with van der Waals surface area (Å²) < 4.78 is 1.68. The number of aromatic nitrogens is 1. The summed E-state index contributed by atoms with van der Waals surface area (Å²) in [7, 11) is 1.77. The van der Waals surface area contributed by atoms with Crippen molar-refractivity contribution in [3.63, 3.8) is 0 Å². The fourth-order valence-electron chi connectivity index (χ4n) is 1.95. The lowest BCUT2D eigenvalue weighted by Gasteiger charge is -2.09. The van der Waals surface area contributed by atoms with E-state index in [1.165, 1.54) is 0 Å². The molecule has 1 aromatic carbocycles. The van der Waals surface area contributed by atoms with Crippen LogP contribution in [0.3, 0.4) is 0 Å². The minimum absolute atomic E-state index is 0.231. The zero-order valence-electron chi connectivity index (χ0n) is 11.9. The molecule has 21 heavy (non-hydrogen) atoms. The molecule has 0 saturated heterocycles. The molecule has 5 heteroatoms. The van der Waals surface area contributed by atoms with Gasteiger partial charge >= 0.3 is 0 Å². The van der Waals surface area contributed by atoms with E-state index in [0.29, 0.717) is 16.4 Å². The predicted octanol–water partition coefficient (Wildman–Crippen LogP) is 2.55. The van der Waals surface area contributed by atoms with E-state index in [0.717, 1.165) is 11.1 Å². The predicted molar refractivity (Wildman–Crippen MR) is 85.5 cm³/mol. The average molecular weight is 302 g/mol. The van der Waals surface area contributed by atoms with Crippen LogP contribution in [0.25, 0.3) is 0 Å². The number of benzene rings is 1. The molecule has 0 atom stereocenters. The molecule has 0 aliphatic rings. The molecule has 3 N–H and O–H groups in total. The maximum absolute atomic E-state index is 12.3. The molecule has 0 bridgehead atoms. The van der Waals surface area contributed by atoms with E-state index in [9.17, 15) is 4.79 Å². The molecule has 2 rings (SSSR count). The van der Waals surface area contributed by atoms with Gasteiger partial charge in [-0.3, -0.25) is 4.79 Å². The van der Waals surface area contributed by atoms with Gasteiger partial charge in [-0.05, 0) is 30.7 Å². The molecule has 2 aromatic rings. The fraction of sp³-hybridized carbons (Fsp3) is 0.188. The van der Waals surface area contributed by atoms with Crippen LogP contribution in [0.2, 0.25) is 5.02 Å². The van der Waals surface area contributed by atoms with Crippen molar-refractivity contribution in [2.75, 3.05) is 11.9 Å². The summed E-state index contributed by atoms with van der Waals surface area (Å²) in [6.07, 6.45) is 1.68. The van der Waals surface area contributed by atoms with Gasteiger partial charge in [-0.1, -0.05) is 29.5 Å². The minimum Gasteiger partial charge on any atom is -0.345 e. The topological polar surface area (TPSA) is 60.0 Å². The molecule has 0 spiro atoms. The largest absolute Gasteiger partial charge is 0.345 e. The van der Waals surface area contributed by atoms with Gasteiger partial charge in [0.05, 0.1) is 17.3 Å². The molecule has 0 aliphatic carbocycles. The molecule has 0 unspecified atom stereocenters. The van der Waals surface area contributed by atoms with Crippen molar-refractivity contribution < 1.29 is 4.79 Å². The Kier molecular flexibility index (Phi) is 4.69. The molecule has 108 valence electrons. The second-order valence-corrected chi connectivity index (χ2v) is 5.10. The molecule has 1 aromatic heterocycles. The molecular weight excluding hydrogens is 286 g/mol. The lowest BCUT2D eigenvalue weighted by Crippen LogP contribution is -2.16. The standard InChI is InChI=1S/C16H16ClN3O/c1-11-5-6-12(4-3-7-18)14(8-11)19-16(21)15-9-13(17)10-20(15)2/h5-6,8-10H,7,18H2,1-2H3,(H,19,21). The normalized spacial score (nSPS) is 9.90. The SMILES string of the molecule is Cc1ccc(C#CCN)c(NC(=O)c2cc(Cl)cn2C)c1. The number of nitrogens with two attached hydrogens (primary N) is 1. The van der Waals surface area contributed by atoms with Gasteiger partial charge in [0, 0.05) is 18.8 Å². The highest BCUT2D eigenvalue weighted by atomic mass is 35.5. The molecular formula is C16H16ClN3O. The van der Waals surface area contributed by atoms with Crippen LogP contribution < -0.4 is 11.1 Å². The van der Waals surface area contributed by atoms with E-state index in [-0.39, 0.29) is 12.5 Å². The Morgan fingerprint density at radius 2 is 2.19 bits per heavy atom. The van der Waals surface area contributed by atoms with E-state index < -0.39 is 0 Å². The number of hydrogen-bond donors (Lipinski definition) is 2. The van der Waals surface area contributed by atoms with E-state index in [2.05, 4.69) is 17.2 Å². The number of carbonyl (C=O) groups is 1. The second-order valence-electron chi connectivity index (χ2n) is 4.66. The van der Waals surface area contributed by atoms with Gasteiger partial charge in [-0.25, -0.2) is 0 Å². The van der Waals surface area contributed by atoms with Crippen molar-refractivity contribution in [2.24, 2.45) is 12.8 Å².